The highest BCUT2D eigenvalue weighted by Gasteiger charge is 2.26. The molecule has 0 saturated heterocycles. The van der Waals surface area contributed by atoms with E-state index in [0.717, 1.165) is 36.1 Å². The smallest absolute Gasteiger partial charge is 0.356 e. The molecule has 1 aromatic carbocycles. The number of hydrogen-bond acceptors (Lipinski definition) is 10. The number of aromatic nitrogens is 4. The first-order valence-corrected chi connectivity index (χ1v) is 11.2. The van der Waals surface area contributed by atoms with Crippen molar-refractivity contribution in [1.82, 2.24) is 19.6 Å². The summed E-state index contributed by atoms with van der Waals surface area (Å²) in [5.41, 5.74) is 14.0. The minimum Gasteiger partial charge on any atom is -0.477 e. The minimum atomic E-state index is -1.36. The summed E-state index contributed by atoms with van der Waals surface area (Å²) in [4.78, 5) is 52.7. The quantitative estimate of drug-likeness (QED) is 0.428. The van der Waals surface area contributed by atoms with Crippen molar-refractivity contribution in [3.63, 3.8) is 0 Å². The van der Waals surface area contributed by atoms with Crippen LogP contribution >= 0.6 is 0 Å². The number of esters is 2. The third kappa shape index (κ3) is 5.89. The van der Waals surface area contributed by atoms with Gasteiger partial charge in [-0.05, 0) is 63.3 Å². The zero-order valence-electron chi connectivity index (χ0n) is 21.1. The molecule has 1 amide bonds. The third-order valence-electron chi connectivity index (χ3n) is 5.50. The number of carbonyl (C=O) groups is 4. The van der Waals surface area contributed by atoms with Crippen LogP contribution in [-0.4, -0.2) is 61.2 Å². The second-order valence-electron chi connectivity index (χ2n) is 9.29. The lowest BCUT2D eigenvalue weighted by Crippen LogP contribution is -2.24. The molecule has 1 atom stereocenters. The number of carbonyl (C=O) groups excluding carboxylic acids is 3. The van der Waals surface area contributed by atoms with E-state index < -0.39 is 29.1 Å². The van der Waals surface area contributed by atoms with E-state index in [0.29, 0.717) is 5.56 Å². The summed E-state index contributed by atoms with van der Waals surface area (Å²) >= 11 is 0. The van der Waals surface area contributed by atoms with Crippen LogP contribution < -0.4 is 11.5 Å². The normalized spacial score (nSPS) is 14.4. The number of fused-ring (bicyclic) bond motifs is 2. The molecule has 13 nitrogen and oxygen atoms in total. The number of ether oxygens (including phenoxy) is 2. The molecule has 0 unspecified atom stereocenters. The average Bonchev–Trinajstić information content (AvgIpc) is 3.41. The standard InChI is InChI=1S/C15H21NO2.C9H7N5O5/c1-9-10-7-8-13(16)12(10)6-5-11(9)14(17)18-15(2,3)4;1-19-8(18)4-2-3(7(16)17)11-9-12-6(5(10)15)13-14(4)9/h5-6,13H,7-8,16H2,1-4H3;2H,1H3,(H2,10,15)(H,16,17)/t13-;/m0./s1. The van der Waals surface area contributed by atoms with E-state index in [4.69, 9.17) is 21.3 Å². The van der Waals surface area contributed by atoms with Crippen molar-refractivity contribution >= 4 is 29.6 Å². The minimum absolute atomic E-state index is 0.117. The van der Waals surface area contributed by atoms with E-state index in [1.165, 1.54) is 11.1 Å². The van der Waals surface area contributed by atoms with Gasteiger partial charge in [-0.2, -0.15) is 9.50 Å². The van der Waals surface area contributed by atoms with Crippen LogP contribution in [0.4, 0.5) is 0 Å². The van der Waals surface area contributed by atoms with Crippen molar-refractivity contribution in [2.75, 3.05) is 7.11 Å². The molecule has 0 spiro atoms. The van der Waals surface area contributed by atoms with Gasteiger partial charge in [0.15, 0.2) is 11.4 Å². The van der Waals surface area contributed by atoms with E-state index >= 15 is 0 Å². The first kappa shape index (κ1) is 27.2. The van der Waals surface area contributed by atoms with Gasteiger partial charge in [0.25, 0.3) is 11.7 Å². The Kier molecular flexibility index (Phi) is 7.58. The van der Waals surface area contributed by atoms with Gasteiger partial charge >= 0.3 is 17.9 Å². The van der Waals surface area contributed by atoms with Gasteiger partial charge in [0.1, 0.15) is 5.60 Å². The van der Waals surface area contributed by atoms with Gasteiger partial charge in [-0.25, -0.2) is 19.4 Å². The second-order valence-corrected chi connectivity index (χ2v) is 9.29. The highest BCUT2D eigenvalue weighted by atomic mass is 16.6. The van der Waals surface area contributed by atoms with Crippen LogP contribution in [0.25, 0.3) is 5.78 Å². The summed E-state index contributed by atoms with van der Waals surface area (Å²) < 4.78 is 10.8. The summed E-state index contributed by atoms with van der Waals surface area (Å²) in [6.45, 7) is 7.62. The van der Waals surface area contributed by atoms with Crippen LogP contribution in [0.2, 0.25) is 0 Å². The SMILES string of the molecule is COC(=O)c1cc(C(=O)O)nc2nc(C(N)=O)nn12.Cc1c(C(=O)OC(C)(C)C)ccc2c1CC[C@@H]2N. The van der Waals surface area contributed by atoms with Crippen LogP contribution in [0.15, 0.2) is 18.2 Å². The van der Waals surface area contributed by atoms with Crippen LogP contribution in [0.5, 0.6) is 0 Å². The lowest BCUT2D eigenvalue weighted by molar-refractivity contribution is 0.00680. The van der Waals surface area contributed by atoms with Crippen LogP contribution in [0, 0.1) is 6.92 Å². The topological polar surface area (TPSA) is 202 Å². The summed E-state index contributed by atoms with van der Waals surface area (Å²) in [5, 5.41) is 12.5. The first-order valence-electron chi connectivity index (χ1n) is 11.2. The molecular weight excluding hydrogens is 484 g/mol. The number of amides is 1. The first-order chi connectivity index (χ1) is 17.2. The number of primary amides is 1. The summed E-state index contributed by atoms with van der Waals surface area (Å²) in [6, 6.07) is 4.89. The maximum atomic E-state index is 12.1. The second kappa shape index (κ2) is 10.3. The Morgan fingerprint density at radius 2 is 1.81 bits per heavy atom. The Morgan fingerprint density at radius 1 is 1.14 bits per heavy atom. The van der Waals surface area contributed by atoms with E-state index in [9.17, 15) is 19.2 Å². The van der Waals surface area contributed by atoms with E-state index in [1.54, 1.807) is 0 Å². The highest BCUT2D eigenvalue weighted by molar-refractivity contribution is 5.94. The van der Waals surface area contributed by atoms with Gasteiger partial charge < -0.3 is 26.0 Å². The summed E-state index contributed by atoms with van der Waals surface area (Å²) in [6.07, 6.45) is 1.92. The molecule has 196 valence electrons. The fourth-order valence-electron chi connectivity index (χ4n) is 3.80. The van der Waals surface area contributed by atoms with Crippen molar-refractivity contribution in [1.29, 1.82) is 0 Å². The van der Waals surface area contributed by atoms with Crippen molar-refractivity contribution in [3.05, 3.63) is 57.7 Å². The number of methoxy groups -OCH3 is 1. The molecule has 3 aromatic rings. The van der Waals surface area contributed by atoms with Gasteiger partial charge in [-0.1, -0.05) is 6.07 Å². The number of aromatic carboxylic acids is 1. The molecule has 0 bridgehead atoms. The number of nitrogens with zero attached hydrogens (tertiary/aromatic N) is 4. The Morgan fingerprint density at radius 3 is 2.38 bits per heavy atom. The van der Waals surface area contributed by atoms with E-state index in [-0.39, 0.29) is 29.3 Å². The molecule has 37 heavy (non-hydrogen) atoms. The fourth-order valence-corrected chi connectivity index (χ4v) is 3.80. The predicted octanol–water partition coefficient (Wildman–Crippen LogP) is 1.60. The molecule has 1 aliphatic carbocycles. The molecule has 13 heteroatoms. The molecule has 2 heterocycles. The number of rotatable bonds is 4. The van der Waals surface area contributed by atoms with Gasteiger partial charge in [-0.15, -0.1) is 5.10 Å². The van der Waals surface area contributed by atoms with Gasteiger partial charge in [-0.3, -0.25) is 4.79 Å². The number of carboxylic acids is 1. The molecule has 5 N–H and O–H groups in total. The summed E-state index contributed by atoms with van der Waals surface area (Å²) in [7, 11) is 1.11. The highest BCUT2D eigenvalue weighted by Crippen LogP contribution is 2.33. The maximum Gasteiger partial charge on any atom is 0.356 e. The molecule has 0 aliphatic heterocycles. The zero-order valence-corrected chi connectivity index (χ0v) is 21.1. The Labute approximate surface area is 211 Å². The lowest BCUT2D eigenvalue weighted by atomic mass is 9.98. The van der Waals surface area contributed by atoms with Crippen LogP contribution in [0.1, 0.15) is 91.9 Å². The van der Waals surface area contributed by atoms with Gasteiger partial charge in [0.05, 0.1) is 12.7 Å². The number of nitrogens with two attached hydrogens (primary N) is 2. The van der Waals surface area contributed by atoms with Crippen molar-refractivity contribution < 1.29 is 33.8 Å². The fraction of sp³-hybridized carbons (Fsp3) is 0.375. The number of hydrogen-bond donors (Lipinski definition) is 3. The van der Waals surface area contributed by atoms with Gasteiger partial charge in [0.2, 0.25) is 5.82 Å². The van der Waals surface area contributed by atoms with Crippen LogP contribution in [-0.2, 0) is 15.9 Å². The molecule has 0 fully saturated rings. The number of benzene rings is 1. The molecule has 4 rings (SSSR count). The van der Waals surface area contributed by atoms with Crippen molar-refractivity contribution in [2.45, 2.75) is 52.2 Å². The molecule has 1 aliphatic rings. The Bertz CT molecular complexity index is 1410. The number of carboxylic acid groups (broad SMARTS) is 1. The molecule has 2 aromatic heterocycles. The third-order valence-corrected chi connectivity index (χ3v) is 5.50. The molecular formula is C24H28N6O7. The van der Waals surface area contributed by atoms with Crippen molar-refractivity contribution in [3.8, 4) is 0 Å². The molecule has 0 saturated carbocycles. The maximum absolute atomic E-state index is 12.1. The zero-order chi connectivity index (χ0) is 27.7. The molecule has 0 radical (unpaired) electrons. The Hall–Kier alpha value is -4.39. The average molecular weight is 513 g/mol. The van der Waals surface area contributed by atoms with Crippen molar-refractivity contribution in [2.24, 2.45) is 11.5 Å². The predicted molar refractivity (Wildman–Crippen MR) is 129 cm³/mol. The van der Waals surface area contributed by atoms with E-state index in [2.05, 4.69) is 19.8 Å². The summed E-state index contributed by atoms with van der Waals surface area (Å²) in [5.74, 6) is -4.03. The lowest BCUT2D eigenvalue weighted by Gasteiger charge is -2.21. The van der Waals surface area contributed by atoms with Gasteiger partial charge in [0, 0.05) is 12.1 Å². The Balaban J connectivity index is 0.000000206. The van der Waals surface area contributed by atoms with Crippen LogP contribution in [0.3, 0.4) is 0 Å². The monoisotopic (exact) mass is 512 g/mol. The van der Waals surface area contributed by atoms with E-state index in [1.807, 2.05) is 39.8 Å². The largest absolute Gasteiger partial charge is 0.477 e.